The lowest BCUT2D eigenvalue weighted by Crippen LogP contribution is -2.16. The molecule has 0 amide bonds. The van der Waals surface area contributed by atoms with Crippen molar-refractivity contribution in [3.63, 3.8) is 0 Å². The fraction of sp³-hybridized carbons (Fsp3) is 0.286. The maximum atomic E-state index is 12.7. The van der Waals surface area contributed by atoms with Gasteiger partial charge >= 0.3 is 6.18 Å². The van der Waals surface area contributed by atoms with Crippen LogP contribution in [0, 0.1) is 0 Å². The van der Waals surface area contributed by atoms with Crippen LogP contribution in [0.15, 0.2) is 36.7 Å². The van der Waals surface area contributed by atoms with Crippen LogP contribution in [0.25, 0.3) is 0 Å². The highest BCUT2D eigenvalue weighted by Crippen LogP contribution is 2.30. The topological polar surface area (TPSA) is 61.0 Å². The third kappa shape index (κ3) is 3.91. The Kier molecular flexibility index (Phi) is 4.42. The van der Waals surface area contributed by atoms with E-state index >= 15 is 0 Å². The summed E-state index contributed by atoms with van der Waals surface area (Å²) in [5.41, 5.74) is 6.30. The van der Waals surface area contributed by atoms with Gasteiger partial charge in [0, 0.05) is 6.07 Å². The highest BCUT2D eigenvalue weighted by atomic mass is 19.4. The van der Waals surface area contributed by atoms with Gasteiger partial charge < -0.3 is 10.5 Å². The number of rotatable bonds is 4. The van der Waals surface area contributed by atoms with Gasteiger partial charge in [-0.2, -0.15) is 13.2 Å². The molecular formula is C14H14F3N3O. The Bertz CT molecular complexity index is 616. The highest BCUT2D eigenvalue weighted by Gasteiger charge is 2.30. The predicted molar refractivity (Wildman–Crippen MR) is 70.7 cm³/mol. The third-order valence-electron chi connectivity index (χ3n) is 2.96. The van der Waals surface area contributed by atoms with Crippen molar-refractivity contribution in [3.8, 4) is 5.88 Å². The maximum Gasteiger partial charge on any atom is 0.416 e. The van der Waals surface area contributed by atoms with Gasteiger partial charge in [0.25, 0.3) is 0 Å². The van der Waals surface area contributed by atoms with Crippen LogP contribution >= 0.6 is 0 Å². The van der Waals surface area contributed by atoms with Crippen LogP contribution in [0.5, 0.6) is 5.88 Å². The van der Waals surface area contributed by atoms with E-state index in [2.05, 4.69) is 9.97 Å². The monoisotopic (exact) mass is 297 g/mol. The highest BCUT2D eigenvalue weighted by molar-refractivity contribution is 5.27. The summed E-state index contributed by atoms with van der Waals surface area (Å²) in [5, 5.41) is 0. The lowest BCUT2D eigenvalue weighted by molar-refractivity contribution is -0.137. The Morgan fingerprint density at radius 1 is 1.24 bits per heavy atom. The lowest BCUT2D eigenvalue weighted by atomic mass is 10.0. The number of ether oxygens (including phenoxy) is 1. The number of nitrogens with two attached hydrogens (primary N) is 1. The Labute approximate surface area is 119 Å². The Morgan fingerprint density at radius 3 is 2.67 bits per heavy atom. The molecule has 1 atom stereocenters. The molecule has 0 radical (unpaired) electrons. The van der Waals surface area contributed by atoms with Crippen LogP contribution in [-0.4, -0.2) is 17.1 Å². The first-order valence-electron chi connectivity index (χ1n) is 6.18. The first kappa shape index (κ1) is 15.2. The summed E-state index contributed by atoms with van der Waals surface area (Å²) in [6.45, 7) is 0. The van der Waals surface area contributed by atoms with Gasteiger partial charge in [-0.1, -0.05) is 18.2 Å². The molecule has 0 aliphatic heterocycles. The quantitative estimate of drug-likeness (QED) is 0.942. The summed E-state index contributed by atoms with van der Waals surface area (Å²) in [5.74, 6) is 0.361. The largest absolute Gasteiger partial charge is 0.481 e. The number of alkyl halides is 3. The van der Waals surface area contributed by atoms with Gasteiger partial charge in [0.1, 0.15) is 6.33 Å². The average Bonchev–Trinajstić information content (AvgIpc) is 2.46. The molecule has 2 aromatic rings. The Balaban J connectivity index is 2.17. The van der Waals surface area contributed by atoms with E-state index in [0.29, 0.717) is 17.1 Å². The molecule has 0 saturated heterocycles. The van der Waals surface area contributed by atoms with Crippen LogP contribution in [-0.2, 0) is 12.6 Å². The summed E-state index contributed by atoms with van der Waals surface area (Å²) in [6.07, 6.45) is -2.82. The second kappa shape index (κ2) is 6.09. The van der Waals surface area contributed by atoms with Gasteiger partial charge in [-0.05, 0) is 18.1 Å². The number of nitrogens with zero attached hydrogens (tertiary/aromatic N) is 2. The zero-order valence-electron chi connectivity index (χ0n) is 11.3. The molecule has 0 spiro atoms. The van der Waals surface area contributed by atoms with Crippen LogP contribution in [0.4, 0.5) is 13.2 Å². The standard InChI is InChI=1S/C14H14F3N3O/c1-21-13-7-12(19-8-20-13)11(18)6-9-3-2-4-10(5-9)14(15,16)17/h2-5,7-8,11H,6,18H2,1H3. The number of methoxy groups -OCH3 is 1. The third-order valence-corrected chi connectivity index (χ3v) is 2.96. The Hall–Kier alpha value is -2.15. The van der Waals surface area contributed by atoms with Gasteiger partial charge in [0.15, 0.2) is 0 Å². The van der Waals surface area contributed by atoms with Crippen molar-refractivity contribution in [1.29, 1.82) is 0 Å². The molecule has 0 bridgehead atoms. The van der Waals surface area contributed by atoms with Crippen LogP contribution in [0.3, 0.4) is 0 Å². The van der Waals surface area contributed by atoms with Crippen molar-refractivity contribution in [2.24, 2.45) is 5.73 Å². The number of aromatic nitrogens is 2. The minimum absolute atomic E-state index is 0.240. The van der Waals surface area contributed by atoms with E-state index in [9.17, 15) is 13.2 Å². The molecule has 1 aromatic heterocycles. The van der Waals surface area contributed by atoms with Crippen molar-refractivity contribution in [2.75, 3.05) is 7.11 Å². The van der Waals surface area contributed by atoms with Gasteiger partial charge in [0.05, 0.1) is 24.4 Å². The smallest absolute Gasteiger partial charge is 0.416 e. The molecule has 7 heteroatoms. The van der Waals surface area contributed by atoms with E-state index in [1.807, 2.05) is 0 Å². The van der Waals surface area contributed by atoms with E-state index in [-0.39, 0.29) is 6.42 Å². The molecule has 2 N–H and O–H groups in total. The molecule has 1 heterocycles. The summed E-state index contributed by atoms with van der Waals surface area (Å²) >= 11 is 0. The normalized spacial score (nSPS) is 13.0. The molecule has 0 fully saturated rings. The summed E-state index contributed by atoms with van der Waals surface area (Å²) in [4.78, 5) is 7.87. The average molecular weight is 297 g/mol. The molecule has 112 valence electrons. The minimum Gasteiger partial charge on any atom is -0.481 e. The summed E-state index contributed by atoms with van der Waals surface area (Å²) in [7, 11) is 1.46. The van der Waals surface area contributed by atoms with Gasteiger partial charge in [-0.25, -0.2) is 9.97 Å². The molecular weight excluding hydrogens is 283 g/mol. The van der Waals surface area contributed by atoms with Crippen LogP contribution in [0.2, 0.25) is 0 Å². The summed E-state index contributed by atoms with van der Waals surface area (Å²) < 4.78 is 42.9. The zero-order valence-corrected chi connectivity index (χ0v) is 11.3. The molecule has 0 aliphatic carbocycles. The second-order valence-electron chi connectivity index (χ2n) is 4.49. The second-order valence-corrected chi connectivity index (χ2v) is 4.49. The van der Waals surface area contributed by atoms with E-state index in [1.165, 1.54) is 19.5 Å². The van der Waals surface area contributed by atoms with Crippen molar-refractivity contribution in [2.45, 2.75) is 18.6 Å². The molecule has 21 heavy (non-hydrogen) atoms. The van der Waals surface area contributed by atoms with Crippen molar-refractivity contribution in [1.82, 2.24) is 9.97 Å². The Morgan fingerprint density at radius 2 is 2.00 bits per heavy atom. The number of benzene rings is 1. The molecule has 0 saturated carbocycles. The van der Waals surface area contributed by atoms with Gasteiger partial charge in [-0.3, -0.25) is 0 Å². The first-order chi connectivity index (χ1) is 9.90. The van der Waals surface area contributed by atoms with Crippen molar-refractivity contribution >= 4 is 0 Å². The number of hydrogen-bond acceptors (Lipinski definition) is 4. The van der Waals surface area contributed by atoms with Crippen molar-refractivity contribution in [3.05, 3.63) is 53.5 Å². The minimum atomic E-state index is -4.36. The number of hydrogen-bond donors (Lipinski definition) is 1. The fourth-order valence-electron chi connectivity index (χ4n) is 1.90. The van der Waals surface area contributed by atoms with Gasteiger partial charge in [-0.15, -0.1) is 0 Å². The predicted octanol–water partition coefficient (Wildman–Crippen LogP) is 2.75. The van der Waals surface area contributed by atoms with Crippen LogP contribution in [0.1, 0.15) is 22.9 Å². The van der Waals surface area contributed by atoms with E-state index < -0.39 is 17.8 Å². The SMILES string of the molecule is COc1cc(C(N)Cc2cccc(C(F)(F)F)c2)ncn1. The zero-order chi connectivity index (χ0) is 15.5. The molecule has 2 rings (SSSR count). The van der Waals surface area contributed by atoms with E-state index in [1.54, 1.807) is 12.1 Å². The van der Waals surface area contributed by atoms with E-state index in [0.717, 1.165) is 12.1 Å². The van der Waals surface area contributed by atoms with Crippen molar-refractivity contribution < 1.29 is 17.9 Å². The first-order valence-corrected chi connectivity index (χ1v) is 6.18. The van der Waals surface area contributed by atoms with E-state index in [4.69, 9.17) is 10.5 Å². The molecule has 0 aliphatic rings. The number of halogens is 3. The van der Waals surface area contributed by atoms with Gasteiger partial charge in [0.2, 0.25) is 5.88 Å². The molecule has 1 unspecified atom stereocenters. The molecule has 1 aromatic carbocycles. The fourth-order valence-corrected chi connectivity index (χ4v) is 1.90. The maximum absolute atomic E-state index is 12.7. The summed E-state index contributed by atoms with van der Waals surface area (Å²) in [6, 6.07) is 6.13. The van der Waals surface area contributed by atoms with Crippen LogP contribution < -0.4 is 10.5 Å². The lowest BCUT2D eigenvalue weighted by Gasteiger charge is -2.13. The molecule has 4 nitrogen and oxygen atoms in total.